The number of hydrogen-bond donors (Lipinski definition) is 1. The van der Waals surface area contributed by atoms with Crippen LogP contribution in [0.1, 0.15) is 13.3 Å². The van der Waals surface area contributed by atoms with Gasteiger partial charge in [0.2, 0.25) is 5.91 Å². The van der Waals surface area contributed by atoms with Gasteiger partial charge in [0, 0.05) is 85.5 Å². The molecule has 156 valence electrons. The van der Waals surface area contributed by atoms with Crippen LogP contribution >= 0.6 is 24.0 Å². The lowest BCUT2D eigenvalue weighted by Crippen LogP contribution is -2.51. The van der Waals surface area contributed by atoms with E-state index in [1.807, 2.05) is 11.9 Å². The summed E-state index contributed by atoms with van der Waals surface area (Å²) >= 11 is 0. The third kappa shape index (κ3) is 6.43. The van der Waals surface area contributed by atoms with E-state index in [2.05, 4.69) is 25.0 Å². The number of aliphatic imine (C=N–C) groups is 1. The zero-order valence-corrected chi connectivity index (χ0v) is 19.1. The van der Waals surface area contributed by atoms with Gasteiger partial charge < -0.3 is 19.9 Å². The molecule has 0 aromatic rings. The monoisotopic (exact) mass is 494 g/mol. The molecule has 0 aromatic carbocycles. The fraction of sp³-hybridized carbons (Fsp3) is 0.889. The quantitative estimate of drug-likeness (QED) is 0.331. The largest absolute Gasteiger partial charge is 0.379 e. The second kappa shape index (κ2) is 11.4. The van der Waals surface area contributed by atoms with Crippen molar-refractivity contribution in [1.29, 1.82) is 0 Å². The molecule has 1 N–H and O–H groups in total. The number of guanidine groups is 1. The second-order valence-corrected chi connectivity index (χ2v) is 7.36. The summed E-state index contributed by atoms with van der Waals surface area (Å²) in [6.45, 7) is 13.1. The lowest BCUT2D eigenvalue weighted by Gasteiger charge is -2.34. The summed E-state index contributed by atoms with van der Waals surface area (Å²) in [6.07, 6.45) is 1.20. The van der Waals surface area contributed by atoms with E-state index in [0.717, 1.165) is 84.6 Å². The molecule has 3 aliphatic heterocycles. The number of nitrogens with one attached hydrogen (secondary N) is 1. The molecule has 3 heterocycles. The fourth-order valence-corrected chi connectivity index (χ4v) is 4.12. The molecule has 3 rings (SSSR count). The Labute approximate surface area is 180 Å². The maximum atomic E-state index is 11.4. The van der Waals surface area contributed by atoms with Crippen molar-refractivity contribution in [2.24, 2.45) is 4.99 Å². The number of ether oxygens (including phenoxy) is 1. The number of carbonyl (C=O) groups is 1. The van der Waals surface area contributed by atoms with E-state index in [0.29, 0.717) is 6.04 Å². The van der Waals surface area contributed by atoms with E-state index in [1.165, 1.54) is 6.42 Å². The Hall–Kier alpha value is -0.650. The van der Waals surface area contributed by atoms with Gasteiger partial charge in [-0.2, -0.15) is 0 Å². The number of nitrogens with zero attached hydrogens (tertiary/aromatic N) is 5. The van der Waals surface area contributed by atoms with Crippen LogP contribution in [0.25, 0.3) is 0 Å². The van der Waals surface area contributed by atoms with Gasteiger partial charge in [-0.15, -0.1) is 24.0 Å². The molecule has 8 nitrogen and oxygen atoms in total. The standard InChI is InChI=1S/C18H34N6O2.HI/c1-16(25)22-9-7-21(8-10-22)6-4-20-18(19-2)24-5-3-17(15-24)23-11-13-26-14-12-23;/h17H,3-15H2,1-2H3,(H,19,20);1H. The topological polar surface area (TPSA) is 63.7 Å². The average Bonchev–Trinajstić information content (AvgIpc) is 3.16. The number of amides is 1. The molecule has 3 aliphatic rings. The number of hydrogen-bond acceptors (Lipinski definition) is 5. The zero-order valence-electron chi connectivity index (χ0n) is 16.7. The van der Waals surface area contributed by atoms with Gasteiger partial charge >= 0.3 is 0 Å². The van der Waals surface area contributed by atoms with Crippen LogP contribution in [-0.4, -0.2) is 123 Å². The zero-order chi connectivity index (χ0) is 18.4. The molecule has 3 fully saturated rings. The minimum atomic E-state index is 0. The molecule has 0 radical (unpaired) electrons. The molecular weight excluding hydrogens is 459 g/mol. The molecule has 0 aromatic heterocycles. The summed E-state index contributed by atoms with van der Waals surface area (Å²) in [7, 11) is 1.87. The van der Waals surface area contributed by atoms with Gasteiger partial charge in [0.25, 0.3) is 0 Å². The Morgan fingerprint density at radius 2 is 1.78 bits per heavy atom. The first-order valence-electron chi connectivity index (χ1n) is 9.92. The predicted molar refractivity (Wildman–Crippen MR) is 118 cm³/mol. The SMILES string of the molecule is CN=C(NCCN1CCN(C(C)=O)CC1)N1CCC(N2CCOCC2)C1.I. The second-order valence-electron chi connectivity index (χ2n) is 7.36. The number of morpholine rings is 1. The number of halogens is 1. The lowest BCUT2D eigenvalue weighted by molar-refractivity contribution is -0.130. The number of piperazine rings is 1. The van der Waals surface area contributed by atoms with Crippen LogP contribution in [-0.2, 0) is 9.53 Å². The summed E-state index contributed by atoms with van der Waals surface area (Å²) in [5.74, 6) is 1.20. The summed E-state index contributed by atoms with van der Waals surface area (Å²) in [6, 6.07) is 0.622. The third-order valence-corrected chi connectivity index (χ3v) is 5.77. The molecule has 0 bridgehead atoms. The average molecular weight is 494 g/mol. The van der Waals surface area contributed by atoms with Crippen LogP contribution < -0.4 is 5.32 Å². The van der Waals surface area contributed by atoms with Crippen molar-refractivity contribution in [2.75, 3.05) is 85.7 Å². The van der Waals surface area contributed by atoms with E-state index in [9.17, 15) is 4.79 Å². The molecule has 27 heavy (non-hydrogen) atoms. The summed E-state index contributed by atoms with van der Waals surface area (Å²) in [4.78, 5) is 25.2. The van der Waals surface area contributed by atoms with Gasteiger partial charge in [0.1, 0.15) is 0 Å². The number of carbonyl (C=O) groups excluding carboxylic acids is 1. The molecule has 1 amide bonds. The van der Waals surface area contributed by atoms with Crippen molar-refractivity contribution in [1.82, 2.24) is 24.9 Å². The molecule has 0 spiro atoms. The van der Waals surface area contributed by atoms with Crippen molar-refractivity contribution in [3.63, 3.8) is 0 Å². The number of likely N-dealkylation sites (tertiary alicyclic amines) is 1. The maximum absolute atomic E-state index is 11.4. The van der Waals surface area contributed by atoms with Gasteiger partial charge in [0.05, 0.1) is 13.2 Å². The first kappa shape index (κ1) is 22.6. The lowest BCUT2D eigenvalue weighted by atomic mass is 10.2. The Morgan fingerprint density at radius 3 is 2.41 bits per heavy atom. The van der Waals surface area contributed by atoms with Crippen molar-refractivity contribution in [2.45, 2.75) is 19.4 Å². The molecule has 0 aliphatic carbocycles. The van der Waals surface area contributed by atoms with Gasteiger partial charge in [-0.3, -0.25) is 19.6 Å². The molecule has 0 saturated carbocycles. The number of rotatable bonds is 4. The summed E-state index contributed by atoms with van der Waals surface area (Å²) in [5, 5.41) is 3.53. The first-order chi connectivity index (χ1) is 12.7. The van der Waals surface area contributed by atoms with Crippen LogP contribution in [0.15, 0.2) is 4.99 Å². The van der Waals surface area contributed by atoms with Crippen LogP contribution in [0, 0.1) is 0 Å². The highest BCUT2D eigenvalue weighted by atomic mass is 127. The minimum absolute atomic E-state index is 0. The van der Waals surface area contributed by atoms with E-state index < -0.39 is 0 Å². The highest BCUT2D eigenvalue weighted by Gasteiger charge is 2.30. The molecule has 9 heteroatoms. The normalized spacial score (nSPS) is 25.4. The van der Waals surface area contributed by atoms with Crippen molar-refractivity contribution in [3.8, 4) is 0 Å². The van der Waals surface area contributed by atoms with Crippen molar-refractivity contribution >= 4 is 35.8 Å². The summed E-state index contributed by atoms with van der Waals surface area (Å²) < 4.78 is 5.47. The predicted octanol–water partition coefficient (Wildman–Crippen LogP) is -0.250. The Kier molecular flexibility index (Phi) is 9.54. The van der Waals surface area contributed by atoms with Gasteiger partial charge in [-0.1, -0.05) is 0 Å². The smallest absolute Gasteiger partial charge is 0.219 e. The Morgan fingerprint density at radius 1 is 1.07 bits per heavy atom. The fourth-order valence-electron chi connectivity index (χ4n) is 4.12. The minimum Gasteiger partial charge on any atom is -0.379 e. The maximum Gasteiger partial charge on any atom is 0.219 e. The van der Waals surface area contributed by atoms with E-state index >= 15 is 0 Å². The Balaban J connectivity index is 0.00000261. The van der Waals surface area contributed by atoms with Crippen LogP contribution in [0.2, 0.25) is 0 Å². The van der Waals surface area contributed by atoms with Crippen molar-refractivity contribution in [3.05, 3.63) is 0 Å². The van der Waals surface area contributed by atoms with Crippen molar-refractivity contribution < 1.29 is 9.53 Å². The van der Waals surface area contributed by atoms with Crippen LogP contribution in [0.4, 0.5) is 0 Å². The van der Waals surface area contributed by atoms with E-state index in [1.54, 1.807) is 6.92 Å². The van der Waals surface area contributed by atoms with Crippen LogP contribution in [0.3, 0.4) is 0 Å². The van der Waals surface area contributed by atoms with Gasteiger partial charge in [-0.25, -0.2) is 0 Å². The first-order valence-corrected chi connectivity index (χ1v) is 9.92. The van der Waals surface area contributed by atoms with E-state index in [4.69, 9.17) is 4.74 Å². The van der Waals surface area contributed by atoms with Gasteiger partial charge in [0.15, 0.2) is 5.96 Å². The van der Waals surface area contributed by atoms with Gasteiger partial charge in [-0.05, 0) is 6.42 Å². The highest BCUT2D eigenvalue weighted by Crippen LogP contribution is 2.17. The molecule has 1 atom stereocenters. The van der Waals surface area contributed by atoms with E-state index in [-0.39, 0.29) is 29.9 Å². The summed E-state index contributed by atoms with van der Waals surface area (Å²) in [5.41, 5.74) is 0. The molecule has 1 unspecified atom stereocenters. The third-order valence-electron chi connectivity index (χ3n) is 5.77. The molecule has 3 saturated heterocycles. The Bertz CT molecular complexity index is 492. The van der Waals surface area contributed by atoms with Crippen LogP contribution in [0.5, 0.6) is 0 Å². The molecular formula is C18H35IN6O2. The highest BCUT2D eigenvalue weighted by molar-refractivity contribution is 14.0.